The molecule has 3 aliphatic heterocycles. The maximum Gasteiger partial charge on any atom is 0.243 e. The van der Waals surface area contributed by atoms with Gasteiger partial charge in [0, 0.05) is 23.7 Å². The molecule has 3 heterocycles. The van der Waals surface area contributed by atoms with Crippen LogP contribution >= 0.6 is 0 Å². The topological polar surface area (TPSA) is 78.8 Å². The molecule has 6 nitrogen and oxygen atoms in total. The molecule has 0 saturated carbocycles. The van der Waals surface area contributed by atoms with Crippen LogP contribution in [0.15, 0.2) is 76.6 Å². The third-order valence-electron chi connectivity index (χ3n) is 7.17. The molecule has 33 heavy (non-hydrogen) atoms. The first-order valence-corrected chi connectivity index (χ1v) is 12.5. The molecule has 0 bridgehead atoms. The minimum atomic E-state index is -3.76. The Morgan fingerprint density at radius 3 is 2.58 bits per heavy atom. The molecule has 3 aliphatic rings. The van der Waals surface area contributed by atoms with Gasteiger partial charge in [-0.2, -0.15) is 4.31 Å². The predicted octanol–water partition coefficient (Wildman–Crippen LogP) is 4.74. The molecule has 0 saturated heterocycles. The molecule has 3 aromatic rings. The van der Waals surface area contributed by atoms with Gasteiger partial charge in [-0.1, -0.05) is 42.0 Å². The molecule has 3 aromatic carbocycles. The van der Waals surface area contributed by atoms with Crippen molar-refractivity contribution in [3.8, 4) is 0 Å². The first-order valence-electron chi connectivity index (χ1n) is 11.1. The molecule has 7 heteroatoms. The van der Waals surface area contributed by atoms with Gasteiger partial charge in [-0.15, -0.1) is 0 Å². The molecule has 0 amide bonds. The van der Waals surface area contributed by atoms with E-state index in [-0.39, 0.29) is 17.2 Å². The van der Waals surface area contributed by atoms with Crippen molar-refractivity contribution < 1.29 is 13.2 Å². The standard InChI is InChI=1S/C26H23N3O3S/c1-16-10-12-18(13-11-16)33(31,32)29-15-14-26-23-19(17(29)2)7-5-9-22(23)28-25(26)27-21-8-4-3-6-20(21)24(26)30/h3-13,17H,14-15H2,1-2H3,(H,27,28)/t17-,26?/m1/s1. The van der Waals surface area contributed by atoms with Crippen LogP contribution < -0.4 is 5.32 Å². The van der Waals surface area contributed by atoms with Crippen LogP contribution in [-0.4, -0.2) is 30.9 Å². The lowest BCUT2D eigenvalue weighted by molar-refractivity contribution is 0.0921. The fourth-order valence-corrected chi connectivity index (χ4v) is 7.07. The highest BCUT2D eigenvalue weighted by atomic mass is 32.2. The van der Waals surface area contributed by atoms with E-state index in [1.807, 2.05) is 68.4 Å². The molecule has 166 valence electrons. The average molecular weight is 458 g/mol. The zero-order valence-corrected chi connectivity index (χ0v) is 19.2. The molecule has 0 aromatic heterocycles. The highest BCUT2D eigenvalue weighted by Gasteiger charge is 2.56. The summed E-state index contributed by atoms with van der Waals surface area (Å²) in [5, 5.41) is 3.38. The lowest BCUT2D eigenvalue weighted by atomic mass is 9.68. The number of rotatable bonds is 2. The van der Waals surface area contributed by atoms with E-state index in [4.69, 9.17) is 4.99 Å². The van der Waals surface area contributed by atoms with E-state index in [0.717, 1.165) is 28.1 Å². The number of ketones is 1. The second kappa shape index (κ2) is 6.85. The fourth-order valence-electron chi connectivity index (χ4n) is 5.46. The number of fused-ring (bicyclic) bond motifs is 1. The number of carbonyl (C=O) groups excluding carboxylic acids is 1. The summed E-state index contributed by atoms with van der Waals surface area (Å²) in [6.45, 7) is 4.03. The Bertz CT molecular complexity index is 1460. The van der Waals surface area contributed by atoms with Gasteiger partial charge in [0.05, 0.1) is 16.3 Å². The van der Waals surface area contributed by atoms with Crippen molar-refractivity contribution >= 4 is 33.0 Å². The molecule has 1 spiro atoms. The van der Waals surface area contributed by atoms with Crippen LogP contribution in [0.25, 0.3) is 0 Å². The van der Waals surface area contributed by atoms with Crippen molar-refractivity contribution in [1.82, 2.24) is 4.31 Å². The summed E-state index contributed by atoms with van der Waals surface area (Å²) >= 11 is 0. The molecular weight excluding hydrogens is 434 g/mol. The van der Waals surface area contributed by atoms with Gasteiger partial charge in [0.15, 0.2) is 5.78 Å². The molecule has 0 radical (unpaired) electrons. The van der Waals surface area contributed by atoms with E-state index in [2.05, 4.69) is 5.32 Å². The molecular formula is C26H23N3O3S. The zero-order chi connectivity index (χ0) is 23.0. The van der Waals surface area contributed by atoms with Gasteiger partial charge in [0.1, 0.15) is 11.3 Å². The maximum atomic E-state index is 14.0. The first-order chi connectivity index (χ1) is 15.8. The third-order valence-corrected chi connectivity index (χ3v) is 9.15. The molecule has 0 fully saturated rings. The monoisotopic (exact) mass is 457 g/mol. The number of sulfonamides is 1. The number of hydrogen-bond donors (Lipinski definition) is 1. The number of hydrogen-bond acceptors (Lipinski definition) is 5. The van der Waals surface area contributed by atoms with E-state index < -0.39 is 21.5 Å². The Labute approximate surface area is 193 Å². The Morgan fingerprint density at radius 1 is 1.03 bits per heavy atom. The Hall–Kier alpha value is -3.29. The lowest BCUT2D eigenvalue weighted by Crippen LogP contribution is -2.49. The molecule has 2 atom stereocenters. The van der Waals surface area contributed by atoms with Crippen molar-refractivity contribution in [3.63, 3.8) is 0 Å². The quantitative estimate of drug-likeness (QED) is 0.603. The summed E-state index contributed by atoms with van der Waals surface area (Å²) in [7, 11) is -3.76. The molecule has 1 N–H and O–H groups in total. The summed E-state index contributed by atoms with van der Waals surface area (Å²) in [5.41, 5.74) is 3.74. The number of amidine groups is 1. The van der Waals surface area contributed by atoms with E-state index in [1.165, 1.54) is 4.31 Å². The van der Waals surface area contributed by atoms with Gasteiger partial charge in [-0.05, 0) is 56.2 Å². The third kappa shape index (κ3) is 2.66. The fraction of sp³-hybridized carbons (Fsp3) is 0.231. The smallest absolute Gasteiger partial charge is 0.243 e. The van der Waals surface area contributed by atoms with Crippen molar-refractivity contribution in [3.05, 3.63) is 89.0 Å². The Balaban J connectivity index is 1.53. The molecule has 6 rings (SSSR count). The van der Waals surface area contributed by atoms with Crippen LogP contribution in [0.1, 0.15) is 46.4 Å². The van der Waals surface area contributed by atoms with Gasteiger partial charge in [0.25, 0.3) is 0 Å². The highest BCUT2D eigenvalue weighted by Crippen LogP contribution is 2.53. The van der Waals surface area contributed by atoms with E-state index in [0.29, 0.717) is 17.8 Å². The number of para-hydroxylation sites is 1. The summed E-state index contributed by atoms with van der Waals surface area (Å²) in [5.74, 6) is 0.569. The number of nitrogens with zero attached hydrogens (tertiary/aromatic N) is 2. The summed E-state index contributed by atoms with van der Waals surface area (Å²) in [6.07, 6.45) is 0.325. The summed E-state index contributed by atoms with van der Waals surface area (Å²) in [6, 6.07) is 19.6. The number of nitrogens with one attached hydrogen (secondary N) is 1. The number of aryl methyl sites for hydroxylation is 1. The van der Waals surface area contributed by atoms with Gasteiger partial charge >= 0.3 is 0 Å². The van der Waals surface area contributed by atoms with Gasteiger partial charge in [-0.25, -0.2) is 13.4 Å². The van der Waals surface area contributed by atoms with Gasteiger partial charge < -0.3 is 5.32 Å². The summed E-state index contributed by atoms with van der Waals surface area (Å²) < 4.78 is 29.0. The molecule has 0 aliphatic carbocycles. The number of benzene rings is 3. The van der Waals surface area contributed by atoms with Crippen LogP contribution in [0.5, 0.6) is 0 Å². The second-order valence-corrected chi connectivity index (χ2v) is 10.9. The molecule has 1 unspecified atom stereocenters. The second-order valence-electron chi connectivity index (χ2n) is 8.96. The van der Waals surface area contributed by atoms with E-state index >= 15 is 0 Å². The highest BCUT2D eigenvalue weighted by molar-refractivity contribution is 7.89. The van der Waals surface area contributed by atoms with Crippen LogP contribution in [0.4, 0.5) is 11.4 Å². The number of aliphatic imine (C=N–C) groups is 1. The SMILES string of the molecule is Cc1ccc(S(=O)(=O)N2CCC34C(=O)c5ccccc5NC3=Nc3cccc(c34)[C@H]2C)cc1. The van der Waals surface area contributed by atoms with Gasteiger partial charge in [0.2, 0.25) is 10.0 Å². The Morgan fingerprint density at radius 2 is 1.79 bits per heavy atom. The van der Waals surface area contributed by atoms with Gasteiger partial charge in [-0.3, -0.25) is 4.79 Å². The van der Waals surface area contributed by atoms with Crippen molar-refractivity contribution in [2.75, 3.05) is 11.9 Å². The number of Topliss-reactive ketones (excluding diaryl/α,β-unsaturated/α-hetero) is 1. The predicted molar refractivity (Wildman–Crippen MR) is 128 cm³/mol. The minimum absolute atomic E-state index is 0.0245. The van der Waals surface area contributed by atoms with Crippen LogP contribution in [0, 0.1) is 6.92 Å². The average Bonchev–Trinajstić information content (AvgIpc) is 3.06. The van der Waals surface area contributed by atoms with Crippen molar-refractivity contribution in [2.45, 2.75) is 36.6 Å². The Kier molecular flexibility index (Phi) is 4.22. The van der Waals surface area contributed by atoms with Crippen LogP contribution in [-0.2, 0) is 15.4 Å². The van der Waals surface area contributed by atoms with Crippen molar-refractivity contribution in [1.29, 1.82) is 0 Å². The largest absolute Gasteiger partial charge is 0.342 e. The van der Waals surface area contributed by atoms with Crippen LogP contribution in [0.2, 0.25) is 0 Å². The van der Waals surface area contributed by atoms with Crippen molar-refractivity contribution in [2.24, 2.45) is 4.99 Å². The van der Waals surface area contributed by atoms with E-state index in [1.54, 1.807) is 12.1 Å². The number of anilines is 1. The number of carbonyl (C=O) groups is 1. The maximum absolute atomic E-state index is 14.0. The van der Waals surface area contributed by atoms with Crippen LogP contribution in [0.3, 0.4) is 0 Å². The lowest BCUT2D eigenvalue weighted by Gasteiger charge is -2.35. The normalized spacial score (nSPS) is 23.6. The van der Waals surface area contributed by atoms with E-state index in [9.17, 15) is 13.2 Å². The first kappa shape index (κ1) is 20.3. The summed E-state index contributed by atoms with van der Waals surface area (Å²) in [4.78, 5) is 19.1. The zero-order valence-electron chi connectivity index (χ0n) is 18.4. The minimum Gasteiger partial charge on any atom is -0.342 e.